The molecule has 0 aliphatic heterocycles. The van der Waals surface area contributed by atoms with Crippen LogP contribution in [0.4, 0.5) is 5.95 Å². The van der Waals surface area contributed by atoms with Crippen LogP contribution in [-0.2, 0) is 4.74 Å². The molecule has 0 fully saturated rings. The van der Waals surface area contributed by atoms with E-state index in [-0.39, 0.29) is 0 Å². The Balaban J connectivity index is 1.92. The van der Waals surface area contributed by atoms with Gasteiger partial charge in [-0.15, -0.1) is 5.10 Å². The molecular weight excluding hydrogens is 216 g/mol. The van der Waals surface area contributed by atoms with E-state index in [1.165, 1.54) is 0 Å². The molecule has 1 aromatic carbocycles. The fourth-order valence-electron chi connectivity index (χ4n) is 1.47. The number of rotatable bonds is 6. The van der Waals surface area contributed by atoms with Crippen LogP contribution in [0.15, 0.2) is 36.7 Å². The number of hydrogen-bond acceptors (Lipinski definition) is 4. The van der Waals surface area contributed by atoms with E-state index in [1.54, 1.807) is 18.1 Å². The Hall–Kier alpha value is -1.88. The molecule has 0 spiro atoms. The third-order valence-corrected chi connectivity index (χ3v) is 2.32. The zero-order valence-corrected chi connectivity index (χ0v) is 9.84. The number of methoxy groups -OCH3 is 1. The Morgan fingerprint density at radius 1 is 1.29 bits per heavy atom. The first kappa shape index (κ1) is 11.6. The quantitative estimate of drug-likeness (QED) is 0.770. The molecule has 0 unspecified atom stereocenters. The maximum atomic E-state index is 4.97. The standard InChI is InChI=1S/C12H16N4O/c1-17-9-5-8-13-12-14-10-16(15-12)11-6-3-2-4-7-11/h2-4,6-7,10H,5,8-9H2,1H3,(H,13,15). The van der Waals surface area contributed by atoms with Gasteiger partial charge < -0.3 is 10.1 Å². The van der Waals surface area contributed by atoms with Crippen LogP contribution in [0, 0.1) is 0 Å². The van der Waals surface area contributed by atoms with Crippen molar-refractivity contribution in [2.75, 3.05) is 25.6 Å². The summed E-state index contributed by atoms with van der Waals surface area (Å²) in [5.41, 5.74) is 1.00. The van der Waals surface area contributed by atoms with Crippen molar-refractivity contribution in [1.82, 2.24) is 14.8 Å². The molecule has 5 nitrogen and oxygen atoms in total. The summed E-state index contributed by atoms with van der Waals surface area (Å²) < 4.78 is 6.72. The Labute approximate surface area is 100 Å². The SMILES string of the molecule is COCCCNc1ncn(-c2ccccc2)n1. The zero-order chi connectivity index (χ0) is 11.9. The zero-order valence-electron chi connectivity index (χ0n) is 9.84. The topological polar surface area (TPSA) is 52.0 Å². The van der Waals surface area contributed by atoms with Gasteiger partial charge >= 0.3 is 0 Å². The Morgan fingerprint density at radius 2 is 2.12 bits per heavy atom. The van der Waals surface area contributed by atoms with Crippen molar-refractivity contribution in [3.63, 3.8) is 0 Å². The summed E-state index contributed by atoms with van der Waals surface area (Å²) in [6.07, 6.45) is 2.64. The van der Waals surface area contributed by atoms with Crippen LogP contribution in [0.2, 0.25) is 0 Å². The second-order valence-electron chi connectivity index (χ2n) is 3.62. The molecule has 1 N–H and O–H groups in total. The van der Waals surface area contributed by atoms with Gasteiger partial charge in [-0.1, -0.05) is 18.2 Å². The molecule has 0 aliphatic rings. The summed E-state index contributed by atoms with van der Waals surface area (Å²) in [6, 6.07) is 9.91. The summed E-state index contributed by atoms with van der Waals surface area (Å²) in [7, 11) is 1.70. The smallest absolute Gasteiger partial charge is 0.242 e. The van der Waals surface area contributed by atoms with Crippen molar-refractivity contribution in [1.29, 1.82) is 0 Å². The summed E-state index contributed by atoms with van der Waals surface area (Å²) >= 11 is 0. The Kier molecular flexibility index (Phi) is 4.10. The van der Waals surface area contributed by atoms with Crippen LogP contribution in [-0.4, -0.2) is 35.0 Å². The first-order valence-corrected chi connectivity index (χ1v) is 5.60. The number of hydrogen-bond donors (Lipinski definition) is 1. The van der Waals surface area contributed by atoms with E-state index in [2.05, 4.69) is 15.4 Å². The monoisotopic (exact) mass is 232 g/mol. The molecule has 0 radical (unpaired) electrons. The second-order valence-corrected chi connectivity index (χ2v) is 3.62. The highest BCUT2D eigenvalue weighted by molar-refractivity contribution is 5.32. The number of nitrogens with one attached hydrogen (secondary N) is 1. The summed E-state index contributed by atoms with van der Waals surface area (Å²) in [6.45, 7) is 1.55. The number of benzene rings is 1. The fraction of sp³-hybridized carbons (Fsp3) is 0.333. The van der Waals surface area contributed by atoms with Crippen molar-refractivity contribution in [3.05, 3.63) is 36.7 Å². The summed E-state index contributed by atoms with van der Waals surface area (Å²) in [4.78, 5) is 4.19. The lowest BCUT2D eigenvalue weighted by Gasteiger charge is -2.01. The lowest BCUT2D eigenvalue weighted by atomic mass is 10.3. The van der Waals surface area contributed by atoms with Gasteiger partial charge in [0.2, 0.25) is 5.95 Å². The van der Waals surface area contributed by atoms with Crippen molar-refractivity contribution >= 4 is 5.95 Å². The van der Waals surface area contributed by atoms with E-state index in [9.17, 15) is 0 Å². The van der Waals surface area contributed by atoms with Crippen molar-refractivity contribution in [2.45, 2.75) is 6.42 Å². The van der Waals surface area contributed by atoms with Gasteiger partial charge in [-0.25, -0.2) is 9.67 Å². The van der Waals surface area contributed by atoms with E-state index in [4.69, 9.17) is 4.74 Å². The molecule has 0 saturated carbocycles. The highest BCUT2D eigenvalue weighted by Gasteiger charge is 2.00. The van der Waals surface area contributed by atoms with Gasteiger partial charge in [-0.2, -0.15) is 0 Å². The number of aromatic nitrogens is 3. The molecule has 1 heterocycles. The molecule has 0 atom stereocenters. The fourth-order valence-corrected chi connectivity index (χ4v) is 1.47. The van der Waals surface area contributed by atoms with Crippen LogP contribution < -0.4 is 5.32 Å². The molecule has 17 heavy (non-hydrogen) atoms. The van der Waals surface area contributed by atoms with Crippen LogP contribution in [0.25, 0.3) is 5.69 Å². The minimum Gasteiger partial charge on any atom is -0.385 e. The van der Waals surface area contributed by atoms with Gasteiger partial charge in [0.1, 0.15) is 6.33 Å². The maximum absolute atomic E-state index is 4.97. The second kappa shape index (κ2) is 6.00. The Bertz CT molecular complexity index is 441. The highest BCUT2D eigenvalue weighted by Crippen LogP contribution is 2.06. The van der Waals surface area contributed by atoms with E-state index in [0.29, 0.717) is 5.95 Å². The molecule has 0 saturated heterocycles. The number of para-hydroxylation sites is 1. The van der Waals surface area contributed by atoms with Crippen molar-refractivity contribution in [3.8, 4) is 5.69 Å². The van der Waals surface area contributed by atoms with E-state index in [1.807, 2.05) is 30.3 Å². The lowest BCUT2D eigenvalue weighted by Crippen LogP contribution is -2.06. The first-order chi connectivity index (χ1) is 8.40. The van der Waals surface area contributed by atoms with Gasteiger partial charge in [-0.05, 0) is 18.6 Å². The van der Waals surface area contributed by atoms with Crippen molar-refractivity contribution < 1.29 is 4.74 Å². The van der Waals surface area contributed by atoms with Gasteiger partial charge in [0.15, 0.2) is 0 Å². The van der Waals surface area contributed by atoms with Crippen LogP contribution in [0.3, 0.4) is 0 Å². The van der Waals surface area contributed by atoms with E-state index in [0.717, 1.165) is 25.3 Å². The normalized spacial score (nSPS) is 10.4. The van der Waals surface area contributed by atoms with E-state index >= 15 is 0 Å². The third-order valence-electron chi connectivity index (χ3n) is 2.32. The molecule has 5 heteroatoms. The van der Waals surface area contributed by atoms with Crippen LogP contribution in [0.5, 0.6) is 0 Å². The molecular formula is C12H16N4O. The van der Waals surface area contributed by atoms with Crippen LogP contribution in [0.1, 0.15) is 6.42 Å². The maximum Gasteiger partial charge on any atom is 0.242 e. The molecule has 1 aromatic heterocycles. The predicted octanol–water partition coefficient (Wildman–Crippen LogP) is 1.72. The number of anilines is 1. The average Bonchev–Trinajstić information content (AvgIpc) is 2.85. The van der Waals surface area contributed by atoms with Gasteiger partial charge in [-0.3, -0.25) is 0 Å². The minimum atomic E-state index is 0.643. The number of ether oxygens (including phenoxy) is 1. The molecule has 0 bridgehead atoms. The average molecular weight is 232 g/mol. The van der Waals surface area contributed by atoms with Crippen molar-refractivity contribution in [2.24, 2.45) is 0 Å². The van der Waals surface area contributed by atoms with Gasteiger partial charge in [0, 0.05) is 20.3 Å². The first-order valence-electron chi connectivity index (χ1n) is 5.60. The Morgan fingerprint density at radius 3 is 2.88 bits per heavy atom. The minimum absolute atomic E-state index is 0.643. The summed E-state index contributed by atoms with van der Waals surface area (Å²) in [5.74, 6) is 0.643. The lowest BCUT2D eigenvalue weighted by molar-refractivity contribution is 0.197. The summed E-state index contributed by atoms with van der Waals surface area (Å²) in [5, 5.41) is 7.48. The molecule has 90 valence electrons. The third kappa shape index (κ3) is 3.29. The number of nitrogens with zero attached hydrogens (tertiary/aromatic N) is 3. The highest BCUT2D eigenvalue weighted by atomic mass is 16.5. The molecule has 0 amide bonds. The predicted molar refractivity (Wildman–Crippen MR) is 66.3 cm³/mol. The molecule has 2 rings (SSSR count). The molecule has 0 aliphatic carbocycles. The molecule has 2 aromatic rings. The van der Waals surface area contributed by atoms with Gasteiger partial charge in [0.25, 0.3) is 0 Å². The van der Waals surface area contributed by atoms with Gasteiger partial charge in [0.05, 0.1) is 5.69 Å². The largest absolute Gasteiger partial charge is 0.385 e. The van der Waals surface area contributed by atoms with Crippen LogP contribution >= 0.6 is 0 Å². The van der Waals surface area contributed by atoms with E-state index < -0.39 is 0 Å².